The molecular formula is C26H25Cl2N3O5S. The Hall–Kier alpha value is -2.98. The second-order valence-electron chi connectivity index (χ2n) is 8.59. The Balaban J connectivity index is 1.63. The van der Waals surface area contributed by atoms with Crippen LogP contribution in [0.1, 0.15) is 38.8 Å². The van der Waals surface area contributed by atoms with Crippen LogP contribution in [-0.2, 0) is 16.0 Å². The Bertz CT molecular complexity index is 1310. The predicted octanol–water partition coefficient (Wildman–Crippen LogP) is 5.62. The van der Waals surface area contributed by atoms with E-state index in [-0.39, 0.29) is 30.2 Å². The molecule has 2 aromatic carbocycles. The maximum atomic E-state index is 13.8. The van der Waals surface area contributed by atoms with E-state index in [0.29, 0.717) is 36.0 Å². The lowest BCUT2D eigenvalue weighted by Crippen LogP contribution is -2.47. The lowest BCUT2D eigenvalue weighted by Gasteiger charge is -2.38. The van der Waals surface area contributed by atoms with E-state index < -0.39 is 16.9 Å². The van der Waals surface area contributed by atoms with Crippen molar-refractivity contribution < 1.29 is 19.2 Å². The maximum Gasteiger partial charge on any atom is 0.270 e. The number of nitrogens with zero attached hydrogens (tertiary/aromatic N) is 3. The van der Waals surface area contributed by atoms with Gasteiger partial charge < -0.3 is 14.5 Å². The van der Waals surface area contributed by atoms with Crippen molar-refractivity contribution in [2.24, 2.45) is 0 Å². The molecule has 0 saturated carbocycles. The lowest BCUT2D eigenvalue weighted by molar-refractivity contribution is -0.384. The van der Waals surface area contributed by atoms with Gasteiger partial charge in [-0.05, 0) is 53.6 Å². The van der Waals surface area contributed by atoms with E-state index in [1.54, 1.807) is 35.5 Å². The van der Waals surface area contributed by atoms with Crippen molar-refractivity contribution in [3.8, 4) is 0 Å². The van der Waals surface area contributed by atoms with Gasteiger partial charge in [-0.15, -0.1) is 11.3 Å². The number of carbonyl (C=O) groups is 2. The second kappa shape index (κ2) is 12.0. The molecule has 0 bridgehead atoms. The third-order valence-electron chi connectivity index (χ3n) is 6.24. The number of rotatable bonds is 9. The van der Waals surface area contributed by atoms with E-state index in [2.05, 4.69) is 0 Å². The van der Waals surface area contributed by atoms with Crippen LogP contribution in [0.2, 0.25) is 10.0 Å². The maximum absolute atomic E-state index is 13.8. The van der Waals surface area contributed by atoms with E-state index in [9.17, 15) is 19.7 Å². The van der Waals surface area contributed by atoms with Crippen LogP contribution in [0.15, 0.2) is 53.9 Å². The first-order valence-corrected chi connectivity index (χ1v) is 13.3. The first kappa shape index (κ1) is 27.1. The molecule has 8 nitrogen and oxygen atoms in total. The molecule has 11 heteroatoms. The van der Waals surface area contributed by atoms with E-state index in [4.69, 9.17) is 27.9 Å². The van der Waals surface area contributed by atoms with Crippen molar-refractivity contribution in [2.75, 3.05) is 33.4 Å². The highest BCUT2D eigenvalue weighted by atomic mass is 35.5. The summed E-state index contributed by atoms with van der Waals surface area (Å²) in [6, 6.07) is 12.3. The Morgan fingerprint density at radius 2 is 2.00 bits per heavy atom. The minimum atomic E-state index is -0.552. The van der Waals surface area contributed by atoms with Crippen molar-refractivity contribution in [2.45, 2.75) is 18.9 Å². The molecule has 1 aromatic heterocycles. The normalized spacial score (nSPS) is 14.8. The summed E-state index contributed by atoms with van der Waals surface area (Å²) in [7, 11) is 1.56. The smallest absolute Gasteiger partial charge is 0.270 e. The molecule has 2 heterocycles. The first-order chi connectivity index (χ1) is 17.8. The van der Waals surface area contributed by atoms with Gasteiger partial charge in [0.05, 0.1) is 11.0 Å². The van der Waals surface area contributed by atoms with Crippen LogP contribution in [0.5, 0.6) is 0 Å². The predicted molar refractivity (Wildman–Crippen MR) is 144 cm³/mol. The Kier molecular flexibility index (Phi) is 8.81. The number of halogens is 2. The number of fused-ring (bicyclic) bond motifs is 1. The molecule has 0 radical (unpaired) electrons. The number of methoxy groups -OCH3 is 1. The monoisotopic (exact) mass is 561 g/mol. The molecule has 1 aliphatic heterocycles. The number of nitro groups is 1. The highest BCUT2D eigenvalue weighted by Crippen LogP contribution is 2.41. The van der Waals surface area contributed by atoms with Crippen molar-refractivity contribution >= 4 is 52.0 Å². The number of carbonyl (C=O) groups excluding carboxylic acids is 2. The van der Waals surface area contributed by atoms with E-state index in [0.717, 1.165) is 11.1 Å². The summed E-state index contributed by atoms with van der Waals surface area (Å²) in [5.41, 5.74) is 1.72. The van der Waals surface area contributed by atoms with E-state index in [1.165, 1.54) is 34.0 Å². The van der Waals surface area contributed by atoms with Crippen LogP contribution in [0.25, 0.3) is 0 Å². The molecule has 0 fully saturated rings. The molecule has 0 aliphatic carbocycles. The number of amides is 2. The zero-order chi connectivity index (χ0) is 26.5. The topological polar surface area (TPSA) is 93.0 Å². The quantitative estimate of drug-likeness (QED) is 0.192. The Morgan fingerprint density at radius 3 is 2.73 bits per heavy atom. The molecule has 1 unspecified atom stereocenters. The van der Waals surface area contributed by atoms with Crippen LogP contribution in [0, 0.1) is 10.1 Å². The van der Waals surface area contributed by atoms with Crippen LogP contribution in [0.3, 0.4) is 0 Å². The van der Waals surface area contributed by atoms with Gasteiger partial charge in [0.1, 0.15) is 6.54 Å². The Labute approximate surface area is 228 Å². The number of hydrogen-bond acceptors (Lipinski definition) is 6. The van der Waals surface area contributed by atoms with Crippen LogP contribution in [-0.4, -0.2) is 59.9 Å². The van der Waals surface area contributed by atoms with Crippen molar-refractivity contribution in [3.05, 3.63) is 95.6 Å². The van der Waals surface area contributed by atoms with Gasteiger partial charge in [0.15, 0.2) is 0 Å². The molecule has 0 N–H and O–H groups in total. The van der Waals surface area contributed by atoms with Gasteiger partial charge in [0.25, 0.3) is 11.6 Å². The van der Waals surface area contributed by atoms with Crippen molar-refractivity contribution in [1.82, 2.24) is 9.80 Å². The average Bonchev–Trinajstić information content (AvgIpc) is 3.36. The van der Waals surface area contributed by atoms with Gasteiger partial charge in [0, 0.05) is 59.4 Å². The van der Waals surface area contributed by atoms with Gasteiger partial charge in [0.2, 0.25) is 5.91 Å². The fraction of sp³-hybridized carbons (Fsp3) is 0.308. The molecule has 37 heavy (non-hydrogen) atoms. The van der Waals surface area contributed by atoms with E-state index >= 15 is 0 Å². The Morgan fingerprint density at radius 1 is 1.19 bits per heavy atom. The number of hydrogen-bond donors (Lipinski definition) is 0. The number of non-ortho nitro benzene ring substituents is 1. The molecule has 1 aliphatic rings. The summed E-state index contributed by atoms with van der Waals surface area (Å²) in [6.45, 7) is 0.933. The number of thiophene rings is 1. The number of nitro benzene ring substituents is 1. The number of benzene rings is 2. The highest BCUT2D eigenvalue weighted by molar-refractivity contribution is 7.10. The van der Waals surface area contributed by atoms with Crippen LogP contribution >= 0.6 is 34.5 Å². The molecule has 3 aromatic rings. The third-order valence-corrected chi connectivity index (χ3v) is 7.80. The zero-order valence-corrected chi connectivity index (χ0v) is 22.4. The summed E-state index contributed by atoms with van der Waals surface area (Å²) in [6.07, 6.45) is 1.20. The largest absolute Gasteiger partial charge is 0.385 e. The summed E-state index contributed by atoms with van der Waals surface area (Å²) in [5.74, 6) is -0.702. The van der Waals surface area contributed by atoms with Gasteiger partial charge in [-0.1, -0.05) is 35.3 Å². The fourth-order valence-corrected chi connectivity index (χ4v) is 5.90. The number of ether oxygens (including phenoxy) is 1. The fourth-order valence-electron chi connectivity index (χ4n) is 4.49. The minimum Gasteiger partial charge on any atom is -0.385 e. The summed E-state index contributed by atoms with van der Waals surface area (Å²) >= 11 is 14.3. The SMILES string of the molecule is COCCCN(CC(=O)N1CCc2sccc2C1c1ccc(Cl)cc1Cl)C(=O)c1cccc([N+](=O)[O-])c1. The summed E-state index contributed by atoms with van der Waals surface area (Å²) < 4.78 is 5.13. The van der Waals surface area contributed by atoms with Crippen LogP contribution < -0.4 is 0 Å². The second-order valence-corrected chi connectivity index (χ2v) is 10.4. The van der Waals surface area contributed by atoms with Crippen molar-refractivity contribution in [1.29, 1.82) is 0 Å². The minimum absolute atomic E-state index is 0.149. The zero-order valence-electron chi connectivity index (χ0n) is 20.1. The molecule has 0 saturated heterocycles. The molecule has 4 rings (SSSR count). The van der Waals surface area contributed by atoms with Gasteiger partial charge in [-0.2, -0.15) is 0 Å². The molecule has 2 amide bonds. The molecule has 1 atom stereocenters. The first-order valence-electron chi connectivity index (χ1n) is 11.6. The van der Waals surface area contributed by atoms with Gasteiger partial charge in [-0.25, -0.2) is 0 Å². The standard InChI is InChI=1S/C26H25Cl2N3O5S/c1-36-12-3-10-29(26(33)17-4-2-5-19(14-17)31(34)35)16-24(32)30-11-8-23-21(9-13-37-23)25(30)20-7-6-18(27)15-22(20)28/h2,4-7,9,13-15,25H,3,8,10-12,16H2,1H3. The molecule has 194 valence electrons. The van der Waals surface area contributed by atoms with Crippen LogP contribution in [0.4, 0.5) is 5.69 Å². The average molecular weight is 562 g/mol. The molecular weight excluding hydrogens is 537 g/mol. The summed E-state index contributed by atoms with van der Waals surface area (Å²) in [5, 5.41) is 14.2. The van der Waals surface area contributed by atoms with Gasteiger partial charge >= 0.3 is 0 Å². The van der Waals surface area contributed by atoms with E-state index in [1.807, 2.05) is 17.5 Å². The highest BCUT2D eigenvalue weighted by Gasteiger charge is 2.35. The lowest BCUT2D eigenvalue weighted by atomic mass is 9.93. The molecule has 0 spiro atoms. The third kappa shape index (κ3) is 6.13. The summed E-state index contributed by atoms with van der Waals surface area (Å²) in [4.78, 5) is 42.2. The van der Waals surface area contributed by atoms with Gasteiger partial charge in [-0.3, -0.25) is 19.7 Å². The van der Waals surface area contributed by atoms with Crippen molar-refractivity contribution in [3.63, 3.8) is 0 Å².